The lowest BCUT2D eigenvalue weighted by atomic mass is 9.98. The highest BCUT2D eigenvalue weighted by Crippen LogP contribution is 2.48. The lowest BCUT2D eigenvalue weighted by Gasteiger charge is -2.14. The fourth-order valence-electron chi connectivity index (χ4n) is 23.2. The van der Waals surface area contributed by atoms with Gasteiger partial charge in [-0.05, 0) is 279 Å². The molecule has 0 bridgehead atoms. The predicted octanol–water partition coefficient (Wildman–Crippen LogP) is 38.4. The molecule has 31 rings (SSSR count). The zero-order chi connectivity index (χ0) is 96.0. The van der Waals surface area contributed by atoms with Crippen LogP contribution in [0.3, 0.4) is 0 Å². The van der Waals surface area contributed by atoms with Gasteiger partial charge in [0.1, 0.15) is 0 Å². The minimum Gasteiger partial charge on any atom is -0.309 e. The summed E-state index contributed by atoms with van der Waals surface area (Å²) in [7, 11) is 0. The van der Waals surface area contributed by atoms with Crippen LogP contribution in [0, 0.1) is 0 Å². The van der Waals surface area contributed by atoms with Crippen LogP contribution in [-0.4, -0.2) is 27.4 Å². The fourth-order valence-corrected chi connectivity index (χ4v) is 25.4. The molecule has 146 heavy (non-hydrogen) atoms. The third-order valence-electron chi connectivity index (χ3n) is 29.9. The van der Waals surface area contributed by atoms with Crippen LogP contribution in [0.1, 0.15) is 0 Å². The summed E-state index contributed by atoms with van der Waals surface area (Å²) in [5.74, 6) is 0. The number of benzene rings is 23. The van der Waals surface area contributed by atoms with Crippen LogP contribution >= 0.6 is 22.7 Å². The van der Waals surface area contributed by atoms with E-state index in [4.69, 9.17) is 0 Å². The van der Waals surface area contributed by atoms with Crippen LogP contribution in [0.15, 0.2) is 534 Å². The Morgan fingerprint density at radius 1 is 0.0959 bits per heavy atom. The first-order valence-electron chi connectivity index (χ1n) is 50.0. The molecule has 6 nitrogen and oxygen atoms in total. The summed E-state index contributed by atoms with van der Waals surface area (Å²) in [5.41, 5.74) is 36.2. The molecule has 0 aliphatic rings. The molecule has 8 aromatic heterocycles. The molecule has 0 aliphatic carbocycles. The monoisotopic (exact) mass is 1890 g/mol. The van der Waals surface area contributed by atoms with Crippen molar-refractivity contribution in [1.29, 1.82) is 0 Å². The molecular formula is C138H88N6S2. The molecule has 0 N–H and O–H groups in total. The summed E-state index contributed by atoms with van der Waals surface area (Å²) < 4.78 is 19.7. The van der Waals surface area contributed by atoms with Crippen LogP contribution in [-0.2, 0) is 0 Å². The maximum absolute atomic E-state index is 2.44. The van der Waals surface area contributed by atoms with Gasteiger partial charge in [0.25, 0.3) is 0 Å². The highest BCUT2D eigenvalue weighted by Gasteiger charge is 2.25. The largest absolute Gasteiger partial charge is 0.309 e. The van der Waals surface area contributed by atoms with Gasteiger partial charge >= 0.3 is 0 Å². The van der Waals surface area contributed by atoms with Crippen molar-refractivity contribution in [1.82, 2.24) is 27.4 Å². The average Bonchev–Trinajstić information content (AvgIpc) is 1.59. The SMILES string of the molecule is c1ccc(-c2cc(-c3ccccc3)cc(-n3c4ccccc4c4cc(-c5ccc6c(c5)c5ccccc5n6-c5ccc6sc7ccccc7c6c5)ccc43)c2)cc1.c1ccc(-c2ccc(-n3c4ccccc4c4cc(-c5ccc6c(c5)c5ccccc5n6-c5ccc6sc7ccccc7c6c5)ccc43)cc2)cc1.c1ccc(-n2c3ccccc3c3cc(-c4ccc5c(c4)c4ccccc4n5-c4ccccc4)ccc32)cc1. The first-order chi connectivity index (χ1) is 72.4. The summed E-state index contributed by atoms with van der Waals surface area (Å²) in [5, 5.41) is 20.4. The maximum Gasteiger partial charge on any atom is 0.0541 e. The van der Waals surface area contributed by atoms with Gasteiger partial charge in [-0.1, -0.05) is 322 Å². The lowest BCUT2D eigenvalue weighted by molar-refractivity contribution is 1.18. The minimum absolute atomic E-state index is 1.15. The van der Waals surface area contributed by atoms with E-state index in [2.05, 4.69) is 561 Å². The van der Waals surface area contributed by atoms with Crippen LogP contribution in [0.25, 0.3) is 272 Å². The number of rotatable bonds is 12. The Balaban J connectivity index is 0.000000106. The van der Waals surface area contributed by atoms with E-state index in [0.29, 0.717) is 0 Å². The van der Waals surface area contributed by atoms with Gasteiger partial charge in [0, 0.05) is 139 Å². The molecule has 0 spiro atoms. The third kappa shape index (κ3) is 14.0. The van der Waals surface area contributed by atoms with E-state index in [0.717, 1.165) is 11.4 Å². The number of nitrogens with zero attached hydrogens (tertiary/aromatic N) is 6. The van der Waals surface area contributed by atoms with Crippen molar-refractivity contribution < 1.29 is 0 Å². The molecule has 0 unspecified atom stereocenters. The van der Waals surface area contributed by atoms with Crippen molar-refractivity contribution in [2.24, 2.45) is 0 Å². The molecule has 0 saturated carbocycles. The van der Waals surface area contributed by atoms with Crippen molar-refractivity contribution in [3.05, 3.63) is 534 Å². The van der Waals surface area contributed by atoms with Crippen LogP contribution in [0.4, 0.5) is 0 Å². The number of fused-ring (bicyclic) bond motifs is 24. The zero-order valence-corrected chi connectivity index (χ0v) is 80.9. The highest BCUT2D eigenvalue weighted by molar-refractivity contribution is 7.26. The first kappa shape index (κ1) is 84.2. The Labute approximate surface area is 849 Å². The van der Waals surface area contributed by atoms with Gasteiger partial charge in [-0.2, -0.15) is 0 Å². The van der Waals surface area contributed by atoms with Crippen molar-refractivity contribution in [2.45, 2.75) is 0 Å². The van der Waals surface area contributed by atoms with Crippen molar-refractivity contribution in [2.75, 3.05) is 0 Å². The number of aromatic nitrogens is 6. The van der Waals surface area contributed by atoms with E-state index in [9.17, 15) is 0 Å². The molecule has 0 atom stereocenters. The van der Waals surface area contributed by atoms with Crippen molar-refractivity contribution in [3.8, 4) is 101 Å². The molecule has 23 aromatic carbocycles. The topological polar surface area (TPSA) is 29.6 Å². The van der Waals surface area contributed by atoms with Gasteiger partial charge in [0.05, 0.1) is 66.2 Å². The van der Waals surface area contributed by atoms with Crippen LogP contribution < -0.4 is 0 Å². The third-order valence-corrected chi connectivity index (χ3v) is 32.2. The summed E-state index contributed by atoms with van der Waals surface area (Å²) >= 11 is 3.73. The van der Waals surface area contributed by atoms with Gasteiger partial charge in [-0.15, -0.1) is 22.7 Å². The molecular weight excluding hydrogens is 1810 g/mol. The Morgan fingerprint density at radius 3 is 0.589 bits per heavy atom. The average molecular weight is 1890 g/mol. The molecule has 0 radical (unpaired) electrons. The molecule has 8 heteroatoms. The van der Waals surface area contributed by atoms with E-state index in [1.165, 1.54) is 261 Å². The summed E-state index contributed by atoms with van der Waals surface area (Å²) in [6.45, 7) is 0. The van der Waals surface area contributed by atoms with Crippen molar-refractivity contribution in [3.63, 3.8) is 0 Å². The number of para-hydroxylation sites is 8. The molecule has 0 saturated heterocycles. The number of thiophene rings is 2. The quantitative estimate of drug-likeness (QED) is 0.117. The van der Waals surface area contributed by atoms with Crippen LogP contribution in [0.2, 0.25) is 0 Å². The second-order valence-electron chi connectivity index (χ2n) is 38.1. The highest BCUT2D eigenvalue weighted by atomic mass is 32.1. The summed E-state index contributed by atoms with van der Waals surface area (Å²) in [6, 6.07) is 195. The van der Waals surface area contributed by atoms with Gasteiger partial charge in [-0.3, -0.25) is 0 Å². The molecule has 8 heterocycles. The molecule has 682 valence electrons. The second-order valence-corrected chi connectivity index (χ2v) is 40.3. The Hall–Kier alpha value is -18.7. The second kappa shape index (κ2) is 34.6. The maximum atomic E-state index is 2.44. The van der Waals surface area contributed by atoms with Crippen LogP contribution in [0.5, 0.6) is 0 Å². The lowest BCUT2D eigenvalue weighted by Crippen LogP contribution is -1.96. The van der Waals surface area contributed by atoms with E-state index >= 15 is 0 Å². The molecule has 0 aliphatic heterocycles. The predicted molar refractivity (Wildman–Crippen MR) is 624 cm³/mol. The Morgan fingerprint density at radius 2 is 0.295 bits per heavy atom. The van der Waals surface area contributed by atoms with E-state index < -0.39 is 0 Å². The normalized spacial score (nSPS) is 11.8. The standard InChI is InChI=1S/C54H34N2S.C48H30N2S.C36H24N2/c1-3-13-35(14-4-1)39-29-40(36-15-5-2-6-16-36)31-42(30-39)56-50-21-11-8-18-44(50)47-33-38(24-27-52(47)56)37-23-26-51-46(32-37)43-17-7-10-20-49(43)55(51)41-25-28-54-48(34-41)45-19-9-12-22-53(45)57-54;1-2-10-31(11-3-1)32-18-22-35(23-19-32)49-43-15-7-4-12-37(43)40-28-33(20-25-45(40)49)34-21-26-46-41(29-34)38-13-5-8-16-44(38)50(46)36-24-27-48-42(30-36)39-14-6-9-17-47(39)51-48;1-3-11-27(12-4-1)37-33-17-9-7-15-29(33)31-23-25(19-21-35(31)37)26-20-22-36-32(24-26)30-16-8-10-18-34(30)38(36)28-13-5-2-6-14-28/h1-34H;1-30H;1-24H. The van der Waals surface area contributed by atoms with Gasteiger partial charge < -0.3 is 27.4 Å². The molecule has 31 aromatic rings. The molecule has 0 fully saturated rings. The summed E-state index contributed by atoms with van der Waals surface area (Å²) in [6.07, 6.45) is 0. The molecule has 0 amide bonds. The first-order valence-corrected chi connectivity index (χ1v) is 51.6. The number of hydrogen-bond acceptors (Lipinski definition) is 2. The fraction of sp³-hybridized carbons (Fsp3) is 0. The summed E-state index contributed by atoms with van der Waals surface area (Å²) in [4.78, 5) is 0. The van der Waals surface area contributed by atoms with Gasteiger partial charge in [0.2, 0.25) is 0 Å². The van der Waals surface area contributed by atoms with Gasteiger partial charge in [0.15, 0.2) is 0 Å². The van der Waals surface area contributed by atoms with E-state index in [1.807, 2.05) is 22.7 Å². The smallest absolute Gasteiger partial charge is 0.0541 e. The van der Waals surface area contributed by atoms with Gasteiger partial charge in [-0.25, -0.2) is 0 Å². The number of hydrogen-bond donors (Lipinski definition) is 0. The van der Waals surface area contributed by atoms with E-state index in [-0.39, 0.29) is 0 Å². The Bertz CT molecular complexity index is 10400. The van der Waals surface area contributed by atoms with E-state index in [1.54, 1.807) is 0 Å². The Kier molecular flexibility index (Phi) is 20.0. The minimum atomic E-state index is 1.15. The van der Waals surface area contributed by atoms with Crippen molar-refractivity contribution >= 4 is 194 Å². The zero-order valence-electron chi connectivity index (χ0n) is 79.3.